The summed E-state index contributed by atoms with van der Waals surface area (Å²) in [4.78, 5) is 2.57. The first-order chi connectivity index (χ1) is 9.58. The van der Waals surface area contributed by atoms with Gasteiger partial charge in [-0.2, -0.15) is 0 Å². The summed E-state index contributed by atoms with van der Waals surface area (Å²) in [5.74, 6) is 0.720. The van der Waals surface area contributed by atoms with E-state index >= 15 is 0 Å². The normalized spacial score (nSPS) is 24.0. The second-order valence-electron chi connectivity index (χ2n) is 6.60. The van der Waals surface area contributed by atoms with Crippen LogP contribution in [0.4, 0.5) is 0 Å². The second-order valence-corrected chi connectivity index (χ2v) is 6.60. The van der Waals surface area contributed by atoms with Gasteiger partial charge in [-0.05, 0) is 62.3 Å². The molecule has 0 bridgehead atoms. The number of hydrogen-bond acceptors (Lipinski definition) is 2. The number of benzene rings is 1. The van der Waals surface area contributed by atoms with Gasteiger partial charge in [0.15, 0.2) is 0 Å². The van der Waals surface area contributed by atoms with E-state index in [0.717, 1.165) is 12.5 Å². The molecule has 1 aromatic carbocycles. The summed E-state index contributed by atoms with van der Waals surface area (Å²) >= 11 is 0. The molecule has 112 valence electrons. The molecule has 0 radical (unpaired) electrons. The monoisotopic (exact) mass is 274 g/mol. The van der Waals surface area contributed by atoms with E-state index in [1.165, 1.54) is 55.5 Å². The third kappa shape index (κ3) is 4.32. The molecule has 2 heteroatoms. The average Bonchev–Trinajstić information content (AvgIpc) is 2.40. The molecule has 1 aliphatic heterocycles. The minimum Gasteiger partial charge on any atom is -0.327 e. The maximum Gasteiger partial charge on any atom is 0.0171 e. The Bertz CT molecular complexity index is 427. The summed E-state index contributed by atoms with van der Waals surface area (Å²) in [6, 6.07) is 7.25. The van der Waals surface area contributed by atoms with E-state index in [4.69, 9.17) is 5.73 Å². The molecule has 0 spiro atoms. The Balaban J connectivity index is 1.95. The van der Waals surface area contributed by atoms with E-state index in [-0.39, 0.29) is 0 Å². The van der Waals surface area contributed by atoms with E-state index in [0.29, 0.717) is 6.04 Å². The van der Waals surface area contributed by atoms with Crippen LogP contribution in [-0.2, 0) is 6.42 Å². The summed E-state index contributed by atoms with van der Waals surface area (Å²) < 4.78 is 0. The highest BCUT2D eigenvalue weighted by Gasteiger charge is 2.24. The van der Waals surface area contributed by atoms with Crippen LogP contribution in [0.1, 0.15) is 42.9 Å². The predicted molar refractivity (Wildman–Crippen MR) is 87.1 cm³/mol. The van der Waals surface area contributed by atoms with Gasteiger partial charge in [0.1, 0.15) is 0 Å². The highest BCUT2D eigenvalue weighted by atomic mass is 15.1. The van der Waals surface area contributed by atoms with Crippen LogP contribution in [0.15, 0.2) is 18.2 Å². The lowest BCUT2D eigenvalue weighted by Crippen LogP contribution is -2.47. The zero-order chi connectivity index (χ0) is 14.5. The fourth-order valence-corrected chi connectivity index (χ4v) is 3.32. The van der Waals surface area contributed by atoms with Crippen molar-refractivity contribution in [3.8, 4) is 0 Å². The van der Waals surface area contributed by atoms with Crippen LogP contribution in [0.2, 0.25) is 0 Å². The fourth-order valence-electron chi connectivity index (χ4n) is 3.32. The van der Waals surface area contributed by atoms with Crippen LogP contribution in [0, 0.1) is 19.8 Å². The largest absolute Gasteiger partial charge is 0.327 e. The van der Waals surface area contributed by atoms with E-state index in [2.05, 4.69) is 43.9 Å². The number of nitrogens with zero attached hydrogens (tertiary/aromatic N) is 1. The van der Waals surface area contributed by atoms with Gasteiger partial charge in [-0.3, -0.25) is 0 Å². The smallest absolute Gasteiger partial charge is 0.0171 e. The zero-order valence-corrected chi connectivity index (χ0v) is 13.4. The molecule has 1 fully saturated rings. The summed E-state index contributed by atoms with van der Waals surface area (Å²) in [7, 11) is 0. The van der Waals surface area contributed by atoms with Crippen molar-refractivity contribution in [2.45, 2.75) is 52.5 Å². The lowest BCUT2D eigenvalue weighted by atomic mass is 9.88. The molecule has 0 saturated carbocycles. The van der Waals surface area contributed by atoms with Gasteiger partial charge in [-0.15, -0.1) is 0 Å². The van der Waals surface area contributed by atoms with Crippen molar-refractivity contribution in [1.82, 2.24) is 4.90 Å². The number of unbranched alkanes of at least 4 members (excludes halogenated alkanes) is 1. The van der Waals surface area contributed by atoms with E-state index in [1.54, 1.807) is 0 Å². The van der Waals surface area contributed by atoms with Crippen molar-refractivity contribution < 1.29 is 0 Å². The summed E-state index contributed by atoms with van der Waals surface area (Å²) in [5.41, 5.74) is 10.5. The van der Waals surface area contributed by atoms with Crippen molar-refractivity contribution in [3.05, 3.63) is 34.9 Å². The number of aryl methyl sites for hydroxylation is 2. The molecule has 1 heterocycles. The predicted octanol–water partition coefficient (Wildman–Crippen LogP) is 3.30. The molecular formula is C18H30N2. The molecule has 20 heavy (non-hydrogen) atoms. The Labute approximate surface area is 124 Å². The van der Waals surface area contributed by atoms with Gasteiger partial charge < -0.3 is 10.6 Å². The Morgan fingerprint density at radius 2 is 2.00 bits per heavy atom. The van der Waals surface area contributed by atoms with Crippen LogP contribution in [0.25, 0.3) is 0 Å². The minimum atomic E-state index is 0.358. The second kappa shape index (κ2) is 7.24. The van der Waals surface area contributed by atoms with Gasteiger partial charge in [0.2, 0.25) is 0 Å². The molecule has 2 rings (SSSR count). The molecule has 2 N–H and O–H groups in total. The molecular weight excluding hydrogens is 244 g/mol. The molecule has 1 saturated heterocycles. The molecule has 2 atom stereocenters. The number of piperidine rings is 1. The topological polar surface area (TPSA) is 29.3 Å². The van der Waals surface area contributed by atoms with Crippen LogP contribution in [0.5, 0.6) is 0 Å². The minimum absolute atomic E-state index is 0.358. The summed E-state index contributed by atoms with van der Waals surface area (Å²) in [5, 5.41) is 0. The lowest BCUT2D eigenvalue weighted by Gasteiger charge is -2.36. The first-order valence-electron chi connectivity index (χ1n) is 8.12. The van der Waals surface area contributed by atoms with E-state index < -0.39 is 0 Å². The summed E-state index contributed by atoms with van der Waals surface area (Å²) in [6.45, 7) is 10.2. The van der Waals surface area contributed by atoms with Gasteiger partial charge in [-0.1, -0.05) is 31.5 Å². The Kier molecular flexibility index (Phi) is 5.62. The Hall–Kier alpha value is -0.860. The average molecular weight is 274 g/mol. The van der Waals surface area contributed by atoms with Gasteiger partial charge in [0.25, 0.3) is 0 Å². The molecule has 0 aliphatic carbocycles. The zero-order valence-electron chi connectivity index (χ0n) is 13.4. The van der Waals surface area contributed by atoms with Gasteiger partial charge in [-0.25, -0.2) is 0 Å². The Morgan fingerprint density at radius 1 is 1.20 bits per heavy atom. The molecule has 1 aromatic rings. The SMILES string of the molecule is CCCCN1CC(N)CC(Cc2ccc(C)c(C)c2)C1. The maximum atomic E-state index is 6.25. The quantitative estimate of drug-likeness (QED) is 0.892. The van der Waals surface area contributed by atoms with Crippen LogP contribution in [0.3, 0.4) is 0 Å². The van der Waals surface area contributed by atoms with Gasteiger partial charge in [0, 0.05) is 19.1 Å². The van der Waals surface area contributed by atoms with Gasteiger partial charge >= 0.3 is 0 Å². The highest BCUT2D eigenvalue weighted by molar-refractivity contribution is 5.30. The summed E-state index contributed by atoms with van der Waals surface area (Å²) in [6.07, 6.45) is 4.92. The molecule has 0 amide bonds. The maximum absolute atomic E-state index is 6.25. The highest BCUT2D eigenvalue weighted by Crippen LogP contribution is 2.22. The van der Waals surface area contributed by atoms with Gasteiger partial charge in [0.05, 0.1) is 0 Å². The number of likely N-dealkylation sites (tertiary alicyclic amines) is 1. The number of rotatable bonds is 5. The fraction of sp³-hybridized carbons (Fsp3) is 0.667. The Morgan fingerprint density at radius 3 is 2.70 bits per heavy atom. The van der Waals surface area contributed by atoms with Crippen LogP contribution < -0.4 is 5.73 Å². The molecule has 0 aromatic heterocycles. The van der Waals surface area contributed by atoms with Crippen molar-refractivity contribution in [2.75, 3.05) is 19.6 Å². The van der Waals surface area contributed by atoms with Crippen LogP contribution >= 0.6 is 0 Å². The number of nitrogens with two attached hydrogens (primary N) is 1. The van der Waals surface area contributed by atoms with Crippen LogP contribution in [-0.4, -0.2) is 30.6 Å². The first kappa shape index (κ1) is 15.5. The molecule has 1 aliphatic rings. The molecule has 2 unspecified atom stereocenters. The van der Waals surface area contributed by atoms with E-state index in [1.807, 2.05) is 0 Å². The first-order valence-corrected chi connectivity index (χ1v) is 8.12. The standard InChI is InChI=1S/C18H30N2/c1-4-5-8-20-12-17(11-18(19)13-20)10-16-7-6-14(2)15(3)9-16/h6-7,9,17-18H,4-5,8,10-13,19H2,1-3H3. The number of hydrogen-bond donors (Lipinski definition) is 1. The third-order valence-corrected chi connectivity index (χ3v) is 4.57. The third-order valence-electron chi connectivity index (χ3n) is 4.57. The van der Waals surface area contributed by atoms with Crippen molar-refractivity contribution >= 4 is 0 Å². The van der Waals surface area contributed by atoms with Crippen molar-refractivity contribution in [2.24, 2.45) is 11.7 Å². The van der Waals surface area contributed by atoms with E-state index in [9.17, 15) is 0 Å². The lowest BCUT2D eigenvalue weighted by molar-refractivity contribution is 0.154. The molecule has 2 nitrogen and oxygen atoms in total. The van der Waals surface area contributed by atoms with Crippen molar-refractivity contribution in [3.63, 3.8) is 0 Å². The van der Waals surface area contributed by atoms with Crippen molar-refractivity contribution in [1.29, 1.82) is 0 Å².